The lowest BCUT2D eigenvalue weighted by Gasteiger charge is -2.25. The molecular weight excluding hydrogens is 154 g/mol. The van der Waals surface area contributed by atoms with Crippen LogP contribution in [0.4, 0.5) is 0 Å². The third-order valence-electron chi connectivity index (χ3n) is 2.26. The average Bonchev–Trinajstić information content (AvgIpc) is 2.44. The molecule has 0 saturated heterocycles. The molecule has 0 unspecified atom stereocenters. The van der Waals surface area contributed by atoms with Gasteiger partial charge in [0.25, 0.3) is 0 Å². The minimum absolute atomic E-state index is 1.07. The quantitative estimate of drug-likeness (QED) is 0.532. The molecule has 54 valence electrons. The monoisotopic (exact) mass is 161 g/mol. The fourth-order valence-corrected chi connectivity index (χ4v) is 2.67. The fraction of sp³-hybridized carbons (Fsp3) is 0.222. The molecule has 2 aliphatic heterocycles. The van der Waals surface area contributed by atoms with E-state index in [1.165, 1.54) is 16.2 Å². The smallest absolute Gasteiger partial charge is 0.0806 e. The van der Waals surface area contributed by atoms with Crippen molar-refractivity contribution in [3.05, 3.63) is 33.2 Å². The molecule has 1 aliphatic carbocycles. The van der Waals surface area contributed by atoms with Crippen molar-refractivity contribution >= 4 is 18.0 Å². The lowest BCUT2D eigenvalue weighted by atomic mass is 9.90. The molecule has 2 heteroatoms. The Hall–Kier alpha value is -0.760. The summed E-state index contributed by atoms with van der Waals surface area (Å²) in [4.78, 5) is 5.76. The summed E-state index contributed by atoms with van der Waals surface area (Å²) in [5.41, 5.74) is 4.32. The van der Waals surface area contributed by atoms with Gasteiger partial charge in [-0.1, -0.05) is 17.8 Å². The zero-order chi connectivity index (χ0) is 7.26. The summed E-state index contributed by atoms with van der Waals surface area (Å²) >= 11 is 1.82. The zero-order valence-corrected chi connectivity index (χ0v) is 6.82. The maximum atomic E-state index is 4.33. The molecule has 2 heterocycles. The van der Waals surface area contributed by atoms with Gasteiger partial charge in [0.05, 0.1) is 5.70 Å². The van der Waals surface area contributed by atoms with Gasteiger partial charge in [-0.2, -0.15) is 0 Å². The molecule has 0 aromatic carbocycles. The summed E-state index contributed by atoms with van der Waals surface area (Å²) in [6.45, 7) is 0. The van der Waals surface area contributed by atoms with E-state index in [9.17, 15) is 0 Å². The summed E-state index contributed by atoms with van der Waals surface area (Å²) in [6.07, 6.45) is 6.45. The van der Waals surface area contributed by atoms with Gasteiger partial charge in [0.2, 0.25) is 0 Å². The second kappa shape index (κ2) is 1.89. The second-order valence-corrected chi connectivity index (χ2v) is 3.76. The Morgan fingerprint density at radius 3 is 3.27 bits per heavy atom. The Balaban J connectivity index is 2.01. The van der Waals surface area contributed by atoms with Crippen LogP contribution in [0.2, 0.25) is 0 Å². The van der Waals surface area contributed by atoms with Crippen molar-refractivity contribution in [3.8, 4) is 0 Å². The first-order valence-corrected chi connectivity index (χ1v) is 4.66. The van der Waals surface area contributed by atoms with Crippen LogP contribution in [0.15, 0.2) is 38.2 Å². The summed E-state index contributed by atoms with van der Waals surface area (Å²) in [5.74, 6) is 0. The first-order chi connectivity index (χ1) is 5.47. The van der Waals surface area contributed by atoms with Crippen LogP contribution in [-0.2, 0) is 0 Å². The molecule has 0 amide bonds. The van der Waals surface area contributed by atoms with Gasteiger partial charge in [-0.05, 0) is 23.0 Å². The lowest BCUT2D eigenvalue weighted by Crippen LogP contribution is -2.07. The molecular formula is C9H7NS. The van der Waals surface area contributed by atoms with Crippen LogP contribution >= 0.6 is 11.8 Å². The van der Waals surface area contributed by atoms with Crippen molar-refractivity contribution in [2.24, 2.45) is 4.99 Å². The van der Waals surface area contributed by atoms with Gasteiger partial charge in [0.1, 0.15) is 0 Å². The van der Waals surface area contributed by atoms with Gasteiger partial charge in [-0.15, -0.1) is 0 Å². The molecule has 3 aliphatic rings. The third kappa shape index (κ3) is 0.607. The molecule has 0 atom stereocenters. The second-order valence-electron chi connectivity index (χ2n) is 2.84. The van der Waals surface area contributed by atoms with E-state index in [0.29, 0.717) is 0 Å². The van der Waals surface area contributed by atoms with E-state index in [4.69, 9.17) is 0 Å². The molecule has 0 saturated carbocycles. The van der Waals surface area contributed by atoms with Crippen molar-refractivity contribution in [2.45, 2.75) is 12.8 Å². The van der Waals surface area contributed by atoms with Gasteiger partial charge in [0.15, 0.2) is 0 Å². The molecule has 0 bridgehead atoms. The summed E-state index contributed by atoms with van der Waals surface area (Å²) in [7, 11) is 0. The number of fused-ring (bicyclic) bond motifs is 2. The van der Waals surface area contributed by atoms with Crippen molar-refractivity contribution in [2.75, 3.05) is 0 Å². The Bertz CT molecular complexity index is 345. The van der Waals surface area contributed by atoms with E-state index >= 15 is 0 Å². The van der Waals surface area contributed by atoms with E-state index in [-0.39, 0.29) is 0 Å². The Morgan fingerprint density at radius 1 is 1.27 bits per heavy atom. The van der Waals surface area contributed by atoms with Crippen LogP contribution in [0.5, 0.6) is 0 Å². The van der Waals surface area contributed by atoms with E-state index in [1.807, 2.05) is 18.0 Å². The SMILES string of the molecule is C1=CSC2=C(C1)C1=C2N=CC1. The highest BCUT2D eigenvalue weighted by Crippen LogP contribution is 2.50. The van der Waals surface area contributed by atoms with E-state index in [2.05, 4.69) is 16.5 Å². The predicted octanol–water partition coefficient (Wildman–Crippen LogP) is 2.63. The lowest BCUT2D eigenvalue weighted by molar-refractivity contribution is 1.08. The molecule has 1 nitrogen and oxygen atoms in total. The normalized spacial score (nSPS) is 25.5. The van der Waals surface area contributed by atoms with Gasteiger partial charge in [0, 0.05) is 17.5 Å². The highest BCUT2D eigenvalue weighted by atomic mass is 32.2. The van der Waals surface area contributed by atoms with Crippen LogP contribution in [0.25, 0.3) is 0 Å². The van der Waals surface area contributed by atoms with Crippen LogP contribution in [0.3, 0.4) is 0 Å². The number of hydrogen-bond donors (Lipinski definition) is 0. The Morgan fingerprint density at radius 2 is 2.27 bits per heavy atom. The molecule has 3 rings (SSSR count). The van der Waals surface area contributed by atoms with Crippen molar-refractivity contribution in [1.82, 2.24) is 0 Å². The third-order valence-corrected chi connectivity index (χ3v) is 3.26. The number of allylic oxidation sites excluding steroid dienone is 3. The average molecular weight is 161 g/mol. The largest absolute Gasteiger partial charge is 0.259 e. The fourth-order valence-electron chi connectivity index (χ4n) is 1.71. The number of thioether (sulfide) groups is 1. The summed E-state index contributed by atoms with van der Waals surface area (Å²) in [5, 5.41) is 2.16. The zero-order valence-electron chi connectivity index (χ0n) is 6.00. The van der Waals surface area contributed by atoms with Crippen LogP contribution in [0, 0.1) is 0 Å². The van der Waals surface area contributed by atoms with Crippen LogP contribution in [0.1, 0.15) is 12.8 Å². The van der Waals surface area contributed by atoms with Gasteiger partial charge >= 0.3 is 0 Å². The molecule has 0 N–H and O–H groups in total. The minimum Gasteiger partial charge on any atom is -0.259 e. The molecule has 0 radical (unpaired) electrons. The highest BCUT2D eigenvalue weighted by Gasteiger charge is 2.31. The van der Waals surface area contributed by atoms with Crippen LogP contribution < -0.4 is 0 Å². The van der Waals surface area contributed by atoms with E-state index in [1.54, 1.807) is 5.57 Å². The summed E-state index contributed by atoms with van der Waals surface area (Å²) < 4.78 is 0. The van der Waals surface area contributed by atoms with Crippen molar-refractivity contribution in [1.29, 1.82) is 0 Å². The number of nitrogens with zero attached hydrogens (tertiary/aromatic N) is 1. The van der Waals surface area contributed by atoms with Gasteiger partial charge in [-0.3, -0.25) is 4.99 Å². The van der Waals surface area contributed by atoms with Crippen molar-refractivity contribution < 1.29 is 0 Å². The standard InChI is InChI=1S/C9H7NS/c1-2-7-6-3-4-10-8(6)9(7)11-5-1/h1,4-5H,2-3H2. The molecule has 0 fully saturated rings. The van der Waals surface area contributed by atoms with E-state index in [0.717, 1.165) is 12.8 Å². The predicted molar refractivity (Wildman–Crippen MR) is 48.5 cm³/mol. The summed E-state index contributed by atoms with van der Waals surface area (Å²) in [6, 6.07) is 0. The highest BCUT2D eigenvalue weighted by molar-refractivity contribution is 8.06. The first kappa shape index (κ1) is 5.84. The van der Waals surface area contributed by atoms with Crippen LogP contribution in [-0.4, -0.2) is 6.21 Å². The topological polar surface area (TPSA) is 12.4 Å². The number of aliphatic imine (C=N–C) groups is 1. The Kier molecular flexibility index (Phi) is 1.00. The van der Waals surface area contributed by atoms with Crippen molar-refractivity contribution in [3.63, 3.8) is 0 Å². The van der Waals surface area contributed by atoms with E-state index < -0.39 is 0 Å². The molecule has 0 aromatic rings. The maximum Gasteiger partial charge on any atom is 0.0806 e. The van der Waals surface area contributed by atoms with Gasteiger partial charge < -0.3 is 0 Å². The minimum atomic E-state index is 1.07. The number of rotatable bonds is 0. The first-order valence-electron chi connectivity index (χ1n) is 3.78. The molecule has 0 aromatic heterocycles. The molecule has 0 spiro atoms. The number of hydrogen-bond acceptors (Lipinski definition) is 2. The molecule has 11 heavy (non-hydrogen) atoms. The maximum absolute atomic E-state index is 4.33. The van der Waals surface area contributed by atoms with Gasteiger partial charge in [-0.25, -0.2) is 0 Å². The Labute approximate surface area is 69.6 Å².